The van der Waals surface area contributed by atoms with E-state index in [1.165, 1.54) is 0 Å². The Balaban J connectivity index is 0.000000291. The minimum atomic E-state index is 2.00. The summed E-state index contributed by atoms with van der Waals surface area (Å²) in [5.74, 6) is 0. The lowest BCUT2D eigenvalue weighted by molar-refractivity contribution is -0.671. The van der Waals surface area contributed by atoms with Gasteiger partial charge >= 0.3 is 0 Å². The van der Waals surface area contributed by atoms with E-state index in [9.17, 15) is 0 Å². The van der Waals surface area contributed by atoms with Gasteiger partial charge in [-0.1, -0.05) is 6.07 Å². The van der Waals surface area contributed by atoms with Crippen LogP contribution in [0, 0.1) is 0 Å². The van der Waals surface area contributed by atoms with Crippen molar-refractivity contribution in [1.82, 2.24) is 0 Å². The highest BCUT2D eigenvalue weighted by molar-refractivity contribution is 4.83. The average Bonchev–Trinajstić information content (AvgIpc) is 1.94. The zero-order valence-electron chi connectivity index (χ0n) is 5.75. The number of nitrogens with zero attached hydrogens (tertiary/aromatic N) is 1. The van der Waals surface area contributed by atoms with Crippen LogP contribution in [0.4, 0.5) is 0 Å². The van der Waals surface area contributed by atoms with Crippen LogP contribution in [0.3, 0.4) is 0 Å². The van der Waals surface area contributed by atoms with Gasteiger partial charge in [-0.2, -0.15) is 0 Å². The molecule has 0 aliphatic carbocycles. The normalized spacial score (nSPS) is 7.22. The molecule has 48 valence electrons. The molecule has 1 aromatic rings. The Morgan fingerprint density at radius 1 is 1.00 bits per heavy atom. The van der Waals surface area contributed by atoms with Gasteiger partial charge in [0.1, 0.15) is 7.05 Å². The summed E-state index contributed by atoms with van der Waals surface area (Å²) >= 11 is 0. The van der Waals surface area contributed by atoms with Gasteiger partial charge in [-0.3, -0.25) is 0 Å². The summed E-state index contributed by atoms with van der Waals surface area (Å²) in [6, 6.07) is 6.00. The van der Waals surface area contributed by atoms with Gasteiger partial charge < -0.3 is 0 Å². The first-order chi connectivity index (χ1) is 4.39. The monoisotopic (exact) mass is 122 g/mol. The SMILES string of the molecule is C=C.C[n+]1ccccc1. The summed E-state index contributed by atoms with van der Waals surface area (Å²) in [4.78, 5) is 0. The van der Waals surface area contributed by atoms with E-state index in [-0.39, 0.29) is 0 Å². The van der Waals surface area contributed by atoms with Gasteiger partial charge in [0, 0.05) is 12.1 Å². The Kier molecular flexibility index (Phi) is 4.41. The number of hydrogen-bond acceptors (Lipinski definition) is 0. The van der Waals surface area contributed by atoms with Crippen LogP contribution in [-0.4, -0.2) is 0 Å². The fourth-order valence-electron chi connectivity index (χ4n) is 0.485. The molecule has 9 heavy (non-hydrogen) atoms. The number of pyridine rings is 1. The van der Waals surface area contributed by atoms with E-state index in [1.54, 1.807) is 0 Å². The molecule has 0 spiro atoms. The minimum absolute atomic E-state index is 2.00. The van der Waals surface area contributed by atoms with Crippen LogP contribution >= 0.6 is 0 Å². The van der Waals surface area contributed by atoms with Crippen molar-refractivity contribution in [2.75, 3.05) is 0 Å². The second-order valence-corrected chi connectivity index (χ2v) is 1.54. The lowest BCUT2D eigenvalue weighted by atomic mass is 10.5. The molecule has 0 N–H and O–H groups in total. The zero-order valence-corrected chi connectivity index (χ0v) is 5.75. The van der Waals surface area contributed by atoms with Crippen molar-refractivity contribution in [3.8, 4) is 0 Å². The maximum atomic E-state index is 3.00. The predicted molar refractivity (Wildman–Crippen MR) is 38.9 cm³/mol. The summed E-state index contributed by atoms with van der Waals surface area (Å²) in [5, 5.41) is 0. The summed E-state index contributed by atoms with van der Waals surface area (Å²) in [7, 11) is 2.00. The second kappa shape index (κ2) is 5.04. The Hall–Kier alpha value is -1.11. The highest BCUT2D eigenvalue weighted by Gasteiger charge is 1.78. The van der Waals surface area contributed by atoms with Gasteiger partial charge in [0.05, 0.1) is 0 Å². The Bertz CT molecular complexity index is 146. The Morgan fingerprint density at radius 2 is 1.44 bits per heavy atom. The molecule has 1 nitrogen and oxygen atoms in total. The third kappa shape index (κ3) is 3.47. The van der Waals surface area contributed by atoms with Crippen molar-refractivity contribution in [2.45, 2.75) is 0 Å². The van der Waals surface area contributed by atoms with E-state index in [0.29, 0.717) is 0 Å². The van der Waals surface area contributed by atoms with E-state index in [0.717, 1.165) is 0 Å². The summed E-state index contributed by atoms with van der Waals surface area (Å²) in [6.45, 7) is 6.00. The molecule has 0 aliphatic heterocycles. The topological polar surface area (TPSA) is 3.88 Å². The first kappa shape index (κ1) is 7.89. The number of aromatic nitrogens is 1. The smallest absolute Gasteiger partial charge is 0.168 e. The number of aryl methyl sites for hydroxylation is 1. The van der Waals surface area contributed by atoms with Gasteiger partial charge in [0.25, 0.3) is 0 Å². The summed E-state index contributed by atoms with van der Waals surface area (Å²) in [6.07, 6.45) is 4.00. The highest BCUT2D eigenvalue weighted by Crippen LogP contribution is 1.71. The fraction of sp³-hybridized carbons (Fsp3) is 0.125. The van der Waals surface area contributed by atoms with Gasteiger partial charge in [-0.15, -0.1) is 13.2 Å². The summed E-state index contributed by atoms with van der Waals surface area (Å²) < 4.78 is 2.00. The van der Waals surface area contributed by atoms with Crippen molar-refractivity contribution in [3.05, 3.63) is 43.8 Å². The largest absolute Gasteiger partial charge is 0.208 e. The predicted octanol–water partition coefficient (Wildman–Crippen LogP) is 1.31. The van der Waals surface area contributed by atoms with Crippen LogP contribution < -0.4 is 4.57 Å². The molecule has 0 amide bonds. The number of rotatable bonds is 0. The lowest BCUT2D eigenvalue weighted by Gasteiger charge is -1.77. The first-order valence-electron chi connectivity index (χ1n) is 2.80. The average molecular weight is 122 g/mol. The molecule has 1 aromatic heterocycles. The maximum Gasteiger partial charge on any atom is 0.168 e. The van der Waals surface area contributed by atoms with Gasteiger partial charge in [-0.05, 0) is 0 Å². The van der Waals surface area contributed by atoms with Crippen LogP contribution in [0.5, 0.6) is 0 Å². The molecule has 1 rings (SSSR count). The highest BCUT2D eigenvalue weighted by atomic mass is 14.9. The molecule has 0 aromatic carbocycles. The van der Waals surface area contributed by atoms with Crippen LogP contribution in [0.1, 0.15) is 0 Å². The molecular weight excluding hydrogens is 110 g/mol. The molecular formula is C8H12N+. The molecule has 0 fully saturated rings. The van der Waals surface area contributed by atoms with Crippen molar-refractivity contribution >= 4 is 0 Å². The van der Waals surface area contributed by atoms with Gasteiger partial charge in [0.15, 0.2) is 12.4 Å². The van der Waals surface area contributed by atoms with Crippen molar-refractivity contribution in [2.24, 2.45) is 7.05 Å². The van der Waals surface area contributed by atoms with Gasteiger partial charge in [-0.25, -0.2) is 4.57 Å². The molecule has 0 saturated carbocycles. The minimum Gasteiger partial charge on any atom is -0.208 e. The molecule has 0 saturated heterocycles. The maximum absolute atomic E-state index is 3.00. The van der Waals surface area contributed by atoms with E-state index < -0.39 is 0 Å². The van der Waals surface area contributed by atoms with Gasteiger partial charge in [0.2, 0.25) is 0 Å². The lowest BCUT2D eigenvalue weighted by Crippen LogP contribution is -2.25. The van der Waals surface area contributed by atoms with Crippen LogP contribution in [0.15, 0.2) is 43.8 Å². The van der Waals surface area contributed by atoms with Crippen molar-refractivity contribution in [1.29, 1.82) is 0 Å². The van der Waals surface area contributed by atoms with Crippen LogP contribution in [0.2, 0.25) is 0 Å². The third-order valence-electron chi connectivity index (χ3n) is 0.865. The molecule has 0 radical (unpaired) electrons. The molecule has 1 heteroatoms. The van der Waals surface area contributed by atoms with Crippen molar-refractivity contribution in [3.63, 3.8) is 0 Å². The van der Waals surface area contributed by atoms with E-state index in [4.69, 9.17) is 0 Å². The number of hydrogen-bond donors (Lipinski definition) is 0. The van der Waals surface area contributed by atoms with E-state index >= 15 is 0 Å². The second-order valence-electron chi connectivity index (χ2n) is 1.54. The third-order valence-corrected chi connectivity index (χ3v) is 0.865. The van der Waals surface area contributed by atoms with Crippen LogP contribution in [-0.2, 0) is 7.05 Å². The Labute approximate surface area is 56.3 Å². The Morgan fingerprint density at radius 3 is 1.67 bits per heavy atom. The summed E-state index contributed by atoms with van der Waals surface area (Å²) in [5.41, 5.74) is 0. The zero-order chi connectivity index (χ0) is 7.11. The van der Waals surface area contributed by atoms with E-state index in [1.807, 2.05) is 42.2 Å². The standard InChI is InChI=1S/C6H8N.C2H4/c1-7-5-3-2-4-6-7;1-2/h2-6H,1H3;1-2H2/q+1;. The van der Waals surface area contributed by atoms with E-state index in [2.05, 4.69) is 13.2 Å². The van der Waals surface area contributed by atoms with Crippen LogP contribution in [0.25, 0.3) is 0 Å². The molecule has 0 unspecified atom stereocenters. The molecule has 0 aliphatic rings. The molecule has 0 atom stereocenters. The quantitative estimate of drug-likeness (QED) is 0.361. The molecule has 0 bridgehead atoms. The van der Waals surface area contributed by atoms with Crippen molar-refractivity contribution < 1.29 is 4.57 Å². The first-order valence-corrected chi connectivity index (χ1v) is 2.80. The fourth-order valence-corrected chi connectivity index (χ4v) is 0.485. The molecule has 1 heterocycles.